The van der Waals surface area contributed by atoms with Crippen molar-refractivity contribution in [2.24, 2.45) is 5.92 Å². The minimum Gasteiger partial charge on any atom is -0.372 e. The van der Waals surface area contributed by atoms with Crippen LogP contribution in [0.15, 0.2) is 36.7 Å². The number of carbonyl (C=O) groups excluding carboxylic acids is 1. The third-order valence-corrected chi connectivity index (χ3v) is 5.88. The number of aromatic nitrogens is 2. The first-order valence-electron chi connectivity index (χ1n) is 10.5. The maximum Gasteiger partial charge on any atom is 0.227 e. The average molecular weight is 430 g/mol. The number of halogens is 1. The van der Waals surface area contributed by atoms with Crippen molar-refractivity contribution in [2.45, 2.75) is 38.9 Å². The zero-order valence-corrected chi connectivity index (χ0v) is 18.2. The molecule has 4 rings (SSSR count). The van der Waals surface area contributed by atoms with Crippen LogP contribution in [0.25, 0.3) is 0 Å². The van der Waals surface area contributed by atoms with Gasteiger partial charge in [0.2, 0.25) is 5.91 Å². The molecule has 0 bridgehead atoms. The highest BCUT2D eigenvalue weighted by Crippen LogP contribution is 2.25. The second kappa shape index (κ2) is 9.18. The number of anilines is 3. The van der Waals surface area contributed by atoms with Crippen molar-refractivity contribution < 1.29 is 9.53 Å². The van der Waals surface area contributed by atoms with Crippen molar-refractivity contribution in [2.75, 3.05) is 41.3 Å². The normalized spacial score (nSPS) is 22.8. The summed E-state index contributed by atoms with van der Waals surface area (Å²) in [6.07, 6.45) is 5.36. The summed E-state index contributed by atoms with van der Waals surface area (Å²) in [7, 11) is 0. The molecule has 2 aromatic heterocycles. The highest BCUT2D eigenvalue weighted by molar-refractivity contribution is 6.30. The molecule has 2 aliphatic heterocycles. The third kappa shape index (κ3) is 5.02. The van der Waals surface area contributed by atoms with Crippen molar-refractivity contribution in [3.05, 3.63) is 41.7 Å². The minimum absolute atomic E-state index is 0.00540. The van der Waals surface area contributed by atoms with Crippen LogP contribution in [0.2, 0.25) is 5.02 Å². The second-order valence-corrected chi connectivity index (χ2v) is 8.59. The van der Waals surface area contributed by atoms with Crippen LogP contribution < -0.4 is 15.1 Å². The zero-order valence-electron chi connectivity index (χ0n) is 17.4. The first-order chi connectivity index (χ1) is 14.5. The monoisotopic (exact) mass is 429 g/mol. The Morgan fingerprint density at radius 1 is 1.00 bits per heavy atom. The minimum atomic E-state index is -0.00540. The number of nitrogens with zero attached hydrogens (tertiary/aromatic N) is 4. The Bertz CT molecular complexity index is 843. The van der Waals surface area contributed by atoms with Crippen LogP contribution in [0.3, 0.4) is 0 Å². The van der Waals surface area contributed by atoms with Gasteiger partial charge in [-0.05, 0) is 51.0 Å². The number of piperidine rings is 1. The lowest BCUT2D eigenvalue weighted by Gasteiger charge is -2.36. The molecule has 0 aliphatic carbocycles. The maximum atomic E-state index is 12.7. The number of rotatable bonds is 4. The quantitative estimate of drug-likeness (QED) is 0.800. The van der Waals surface area contributed by atoms with Gasteiger partial charge in [-0.1, -0.05) is 11.6 Å². The molecule has 2 saturated heterocycles. The molecule has 7 nitrogen and oxygen atoms in total. The maximum absolute atomic E-state index is 12.7. The lowest BCUT2D eigenvalue weighted by atomic mass is 9.96. The molecule has 1 amide bonds. The first kappa shape index (κ1) is 20.9. The molecule has 2 fully saturated rings. The summed E-state index contributed by atoms with van der Waals surface area (Å²) >= 11 is 5.91. The van der Waals surface area contributed by atoms with E-state index in [0.717, 1.165) is 56.3 Å². The molecule has 0 aromatic carbocycles. The lowest BCUT2D eigenvalue weighted by molar-refractivity contribution is -0.120. The third-order valence-electron chi connectivity index (χ3n) is 5.66. The van der Waals surface area contributed by atoms with Gasteiger partial charge in [-0.2, -0.15) is 0 Å². The summed E-state index contributed by atoms with van der Waals surface area (Å²) in [5.41, 5.74) is 0.736. The summed E-state index contributed by atoms with van der Waals surface area (Å²) < 4.78 is 5.78. The zero-order chi connectivity index (χ0) is 21.1. The van der Waals surface area contributed by atoms with Crippen molar-refractivity contribution in [1.82, 2.24) is 9.97 Å². The molecule has 2 aromatic rings. The summed E-state index contributed by atoms with van der Waals surface area (Å²) in [5.74, 6) is 1.87. The van der Waals surface area contributed by atoms with Gasteiger partial charge in [0.25, 0.3) is 0 Å². The number of hydrogen-bond donors (Lipinski definition) is 1. The van der Waals surface area contributed by atoms with Crippen molar-refractivity contribution >= 4 is 34.8 Å². The van der Waals surface area contributed by atoms with Crippen LogP contribution >= 0.6 is 11.6 Å². The molecule has 2 aliphatic rings. The molecular formula is C22H28ClN5O2. The summed E-state index contributed by atoms with van der Waals surface area (Å²) in [4.78, 5) is 26.1. The van der Waals surface area contributed by atoms with Crippen LogP contribution in [0, 0.1) is 5.92 Å². The fourth-order valence-corrected chi connectivity index (χ4v) is 4.29. The highest BCUT2D eigenvalue weighted by atomic mass is 35.5. The molecule has 0 saturated carbocycles. The molecule has 1 N–H and O–H groups in total. The van der Waals surface area contributed by atoms with Gasteiger partial charge < -0.3 is 19.9 Å². The lowest BCUT2D eigenvalue weighted by Crippen LogP contribution is -2.45. The van der Waals surface area contributed by atoms with E-state index in [1.54, 1.807) is 12.4 Å². The van der Waals surface area contributed by atoms with E-state index in [4.69, 9.17) is 16.3 Å². The Balaban J connectivity index is 1.29. The van der Waals surface area contributed by atoms with Crippen LogP contribution in [0.4, 0.5) is 17.3 Å². The average Bonchev–Trinajstić information content (AvgIpc) is 2.74. The van der Waals surface area contributed by atoms with E-state index < -0.39 is 0 Å². The van der Waals surface area contributed by atoms with Gasteiger partial charge >= 0.3 is 0 Å². The Labute approximate surface area is 182 Å². The highest BCUT2D eigenvalue weighted by Gasteiger charge is 2.26. The summed E-state index contributed by atoms with van der Waals surface area (Å²) in [6.45, 7) is 7.40. The van der Waals surface area contributed by atoms with E-state index in [9.17, 15) is 4.79 Å². The van der Waals surface area contributed by atoms with E-state index in [1.807, 2.05) is 24.3 Å². The van der Waals surface area contributed by atoms with Gasteiger partial charge in [-0.25, -0.2) is 9.97 Å². The van der Waals surface area contributed by atoms with E-state index in [0.29, 0.717) is 5.02 Å². The van der Waals surface area contributed by atoms with Gasteiger partial charge in [0.15, 0.2) is 0 Å². The molecule has 0 radical (unpaired) electrons. The number of nitrogens with one attached hydrogen (secondary N) is 1. The smallest absolute Gasteiger partial charge is 0.227 e. The topological polar surface area (TPSA) is 70.6 Å². The number of pyridine rings is 2. The molecular weight excluding hydrogens is 402 g/mol. The number of amides is 1. The number of hydrogen-bond acceptors (Lipinski definition) is 6. The largest absolute Gasteiger partial charge is 0.372 e. The second-order valence-electron chi connectivity index (χ2n) is 8.15. The molecule has 160 valence electrons. The Kier molecular flexibility index (Phi) is 6.39. The molecule has 0 spiro atoms. The fourth-order valence-electron chi connectivity index (χ4n) is 4.18. The van der Waals surface area contributed by atoms with Gasteiger partial charge in [0.1, 0.15) is 11.6 Å². The molecule has 8 heteroatoms. The Morgan fingerprint density at radius 3 is 2.23 bits per heavy atom. The van der Waals surface area contributed by atoms with Crippen molar-refractivity contribution in [3.8, 4) is 0 Å². The van der Waals surface area contributed by atoms with Gasteiger partial charge in [0, 0.05) is 38.3 Å². The fraction of sp³-hybridized carbons (Fsp3) is 0.500. The van der Waals surface area contributed by atoms with E-state index in [1.165, 1.54) is 0 Å². The van der Waals surface area contributed by atoms with E-state index >= 15 is 0 Å². The van der Waals surface area contributed by atoms with E-state index in [-0.39, 0.29) is 24.0 Å². The number of ether oxygens (including phenoxy) is 1. The van der Waals surface area contributed by atoms with Gasteiger partial charge in [-0.15, -0.1) is 0 Å². The van der Waals surface area contributed by atoms with Crippen molar-refractivity contribution in [1.29, 1.82) is 0 Å². The van der Waals surface area contributed by atoms with Crippen LogP contribution in [-0.2, 0) is 9.53 Å². The molecule has 2 atom stereocenters. The molecule has 2 unspecified atom stereocenters. The van der Waals surface area contributed by atoms with Crippen LogP contribution in [0.1, 0.15) is 26.7 Å². The van der Waals surface area contributed by atoms with Gasteiger partial charge in [0.05, 0.1) is 29.1 Å². The molecule has 30 heavy (non-hydrogen) atoms. The summed E-state index contributed by atoms with van der Waals surface area (Å²) in [5, 5.41) is 3.66. The number of morpholine rings is 1. The predicted octanol–water partition coefficient (Wildman–Crippen LogP) is 3.60. The Hall–Kier alpha value is -2.38. The molecule has 4 heterocycles. The Morgan fingerprint density at radius 2 is 1.63 bits per heavy atom. The standard InChI is InChI=1S/C22H28ClN5O2/c1-15-13-28(14-16(2)30-15)21-6-4-19(12-25-21)26-22(29)17-7-9-27(10-8-17)20-5-3-18(23)11-24-20/h3-6,11-12,15-17H,7-10,13-14H2,1-2H3,(H,26,29). The van der Waals surface area contributed by atoms with Crippen molar-refractivity contribution in [3.63, 3.8) is 0 Å². The van der Waals surface area contributed by atoms with Crippen LogP contribution in [0.5, 0.6) is 0 Å². The first-order valence-corrected chi connectivity index (χ1v) is 10.9. The SMILES string of the molecule is CC1CN(c2ccc(NC(=O)C3CCN(c4ccc(Cl)cn4)CC3)cn2)CC(C)O1. The summed E-state index contributed by atoms with van der Waals surface area (Å²) in [6, 6.07) is 7.66. The predicted molar refractivity (Wildman–Crippen MR) is 119 cm³/mol. The van der Waals surface area contributed by atoms with Crippen LogP contribution in [-0.4, -0.2) is 54.3 Å². The van der Waals surface area contributed by atoms with Gasteiger partial charge in [-0.3, -0.25) is 4.79 Å². The van der Waals surface area contributed by atoms with E-state index in [2.05, 4.69) is 38.9 Å². The number of carbonyl (C=O) groups is 1.